The first-order valence-electron chi connectivity index (χ1n) is 7.21. The average molecular weight is 319 g/mol. The van der Waals surface area contributed by atoms with Gasteiger partial charge >= 0.3 is 0 Å². The number of benzene rings is 1. The normalized spacial score (nSPS) is 22.6. The van der Waals surface area contributed by atoms with Crippen LogP contribution in [0.25, 0.3) is 0 Å². The average Bonchev–Trinajstić information content (AvgIpc) is 2.63. The third-order valence-electron chi connectivity index (χ3n) is 4.05. The van der Waals surface area contributed by atoms with Crippen LogP contribution in [-0.2, 0) is 6.54 Å². The SMILES string of the molecule is CN(C)[C@H]1CCCCC[C@@H]1NCc1ccccc1.Cl.Cl. The van der Waals surface area contributed by atoms with Gasteiger partial charge in [0.05, 0.1) is 0 Å². The number of hydrogen-bond donors (Lipinski definition) is 1. The van der Waals surface area contributed by atoms with Gasteiger partial charge < -0.3 is 10.2 Å². The van der Waals surface area contributed by atoms with Crippen molar-refractivity contribution < 1.29 is 0 Å². The van der Waals surface area contributed by atoms with Crippen molar-refractivity contribution in [1.29, 1.82) is 0 Å². The molecule has 1 fully saturated rings. The molecule has 1 aromatic carbocycles. The van der Waals surface area contributed by atoms with Crippen LogP contribution in [0.2, 0.25) is 0 Å². The summed E-state index contributed by atoms with van der Waals surface area (Å²) in [6, 6.07) is 12.1. The minimum absolute atomic E-state index is 0. The van der Waals surface area contributed by atoms with E-state index in [1.54, 1.807) is 0 Å². The maximum Gasteiger partial charge on any atom is 0.0243 e. The van der Waals surface area contributed by atoms with E-state index in [-0.39, 0.29) is 24.8 Å². The second kappa shape index (κ2) is 10.4. The third kappa shape index (κ3) is 6.01. The van der Waals surface area contributed by atoms with Gasteiger partial charge in [-0.25, -0.2) is 0 Å². The quantitative estimate of drug-likeness (QED) is 0.847. The maximum atomic E-state index is 3.77. The summed E-state index contributed by atoms with van der Waals surface area (Å²) >= 11 is 0. The molecule has 2 rings (SSSR count). The zero-order valence-electron chi connectivity index (χ0n) is 12.5. The maximum absolute atomic E-state index is 3.77. The van der Waals surface area contributed by atoms with Gasteiger partial charge in [0.25, 0.3) is 0 Å². The third-order valence-corrected chi connectivity index (χ3v) is 4.05. The number of halogens is 2. The molecule has 1 aliphatic rings. The van der Waals surface area contributed by atoms with Gasteiger partial charge in [0.15, 0.2) is 0 Å². The van der Waals surface area contributed by atoms with Gasteiger partial charge in [0.2, 0.25) is 0 Å². The molecule has 2 atom stereocenters. The molecule has 116 valence electrons. The van der Waals surface area contributed by atoms with E-state index >= 15 is 0 Å². The van der Waals surface area contributed by atoms with E-state index in [2.05, 4.69) is 54.6 Å². The zero-order valence-corrected chi connectivity index (χ0v) is 14.2. The Kier molecular flexibility index (Phi) is 10.3. The van der Waals surface area contributed by atoms with E-state index < -0.39 is 0 Å². The Morgan fingerprint density at radius 2 is 1.65 bits per heavy atom. The molecule has 2 nitrogen and oxygen atoms in total. The molecule has 0 bridgehead atoms. The summed E-state index contributed by atoms with van der Waals surface area (Å²) in [5, 5.41) is 3.77. The summed E-state index contributed by atoms with van der Waals surface area (Å²) in [6.45, 7) is 0.996. The van der Waals surface area contributed by atoms with Crippen molar-refractivity contribution in [2.24, 2.45) is 0 Å². The molecule has 0 aromatic heterocycles. The van der Waals surface area contributed by atoms with Crippen molar-refractivity contribution in [3.63, 3.8) is 0 Å². The summed E-state index contributed by atoms with van der Waals surface area (Å²) in [5.41, 5.74) is 1.39. The lowest BCUT2D eigenvalue weighted by Gasteiger charge is -2.31. The predicted octanol–water partition coefficient (Wildman–Crippen LogP) is 3.88. The molecule has 0 saturated heterocycles. The molecule has 1 saturated carbocycles. The second-order valence-electron chi connectivity index (χ2n) is 5.64. The van der Waals surface area contributed by atoms with Crippen LogP contribution in [0, 0.1) is 0 Å². The van der Waals surface area contributed by atoms with Crippen LogP contribution in [0.1, 0.15) is 37.7 Å². The van der Waals surface area contributed by atoms with Gasteiger partial charge in [-0.05, 0) is 32.5 Å². The predicted molar refractivity (Wildman–Crippen MR) is 92.1 cm³/mol. The highest BCUT2D eigenvalue weighted by molar-refractivity contribution is 5.85. The monoisotopic (exact) mass is 318 g/mol. The van der Waals surface area contributed by atoms with E-state index in [1.165, 1.54) is 37.7 Å². The summed E-state index contributed by atoms with van der Waals surface area (Å²) in [6.07, 6.45) is 6.80. The molecule has 1 aliphatic carbocycles. The van der Waals surface area contributed by atoms with Crippen LogP contribution in [0.15, 0.2) is 30.3 Å². The topological polar surface area (TPSA) is 15.3 Å². The fraction of sp³-hybridized carbons (Fsp3) is 0.625. The van der Waals surface area contributed by atoms with Crippen LogP contribution in [0.3, 0.4) is 0 Å². The minimum Gasteiger partial charge on any atom is -0.308 e. The minimum atomic E-state index is 0. The van der Waals surface area contributed by atoms with E-state index in [0.29, 0.717) is 12.1 Å². The van der Waals surface area contributed by atoms with Crippen LogP contribution >= 0.6 is 24.8 Å². The van der Waals surface area contributed by atoms with Crippen molar-refractivity contribution >= 4 is 24.8 Å². The Balaban J connectivity index is 0.00000180. The van der Waals surface area contributed by atoms with Gasteiger partial charge in [-0.15, -0.1) is 24.8 Å². The number of hydrogen-bond acceptors (Lipinski definition) is 2. The van der Waals surface area contributed by atoms with Crippen LogP contribution in [0.4, 0.5) is 0 Å². The number of rotatable bonds is 4. The molecule has 1 N–H and O–H groups in total. The fourth-order valence-electron chi connectivity index (χ4n) is 2.99. The number of nitrogens with one attached hydrogen (secondary N) is 1. The molecule has 4 heteroatoms. The highest BCUT2D eigenvalue weighted by Gasteiger charge is 2.24. The first-order valence-corrected chi connectivity index (χ1v) is 7.21. The number of nitrogens with zero attached hydrogens (tertiary/aromatic N) is 1. The highest BCUT2D eigenvalue weighted by Crippen LogP contribution is 2.21. The van der Waals surface area contributed by atoms with Gasteiger partial charge in [0, 0.05) is 18.6 Å². The Bertz CT molecular complexity index is 344. The van der Waals surface area contributed by atoms with Crippen LogP contribution in [-0.4, -0.2) is 31.1 Å². The zero-order chi connectivity index (χ0) is 12.8. The van der Waals surface area contributed by atoms with E-state index in [1.807, 2.05) is 0 Å². The van der Waals surface area contributed by atoms with Crippen molar-refractivity contribution in [3.8, 4) is 0 Å². The standard InChI is InChI=1S/C16H26N2.2ClH/c1-18(2)16-12-8-4-7-11-15(16)17-13-14-9-5-3-6-10-14;;/h3,5-6,9-10,15-17H,4,7-8,11-13H2,1-2H3;2*1H/t15-,16-;;/m0../s1. The van der Waals surface area contributed by atoms with E-state index in [4.69, 9.17) is 0 Å². The van der Waals surface area contributed by atoms with Crippen molar-refractivity contribution in [3.05, 3.63) is 35.9 Å². The molecule has 0 aliphatic heterocycles. The fourth-order valence-corrected chi connectivity index (χ4v) is 2.99. The van der Waals surface area contributed by atoms with Crippen LogP contribution in [0.5, 0.6) is 0 Å². The molecule has 0 radical (unpaired) electrons. The molecule has 0 heterocycles. The first-order chi connectivity index (χ1) is 8.77. The van der Waals surface area contributed by atoms with E-state index in [0.717, 1.165) is 6.54 Å². The van der Waals surface area contributed by atoms with Gasteiger partial charge in [-0.1, -0.05) is 49.6 Å². The number of likely N-dealkylation sites (N-methyl/N-ethyl adjacent to an activating group) is 1. The molecule has 0 amide bonds. The summed E-state index contributed by atoms with van der Waals surface area (Å²) in [7, 11) is 4.43. The van der Waals surface area contributed by atoms with Gasteiger partial charge in [-0.2, -0.15) is 0 Å². The Labute approximate surface area is 136 Å². The Morgan fingerprint density at radius 3 is 2.30 bits per heavy atom. The molecule has 0 unspecified atom stereocenters. The van der Waals surface area contributed by atoms with Gasteiger partial charge in [-0.3, -0.25) is 0 Å². The van der Waals surface area contributed by atoms with Crippen molar-refractivity contribution in [2.75, 3.05) is 14.1 Å². The first kappa shape index (κ1) is 19.7. The molecule has 1 aromatic rings. The molecule has 0 spiro atoms. The van der Waals surface area contributed by atoms with Crippen LogP contribution < -0.4 is 5.32 Å². The largest absolute Gasteiger partial charge is 0.308 e. The van der Waals surface area contributed by atoms with Crippen molar-refractivity contribution in [1.82, 2.24) is 10.2 Å². The summed E-state index contributed by atoms with van der Waals surface area (Å²) in [4.78, 5) is 2.40. The van der Waals surface area contributed by atoms with E-state index in [9.17, 15) is 0 Å². The Hall–Kier alpha value is -0.280. The second-order valence-corrected chi connectivity index (χ2v) is 5.64. The highest BCUT2D eigenvalue weighted by atomic mass is 35.5. The Morgan fingerprint density at radius 1 is 1.00 bits per heavy atom. The summed E-state index contributed by atoms with van der Waals surface area (Å²) in [5.74, 6) is 0. The van der Waals surface area contributed by atoms with Gasteiger partial charge in [0.1, 0.15) is 0 Å². The van der Waals surface area contributed by atoms with Crippen molar-refractivity contribution in [2.45, 2.75) is 50.7 Å². The summed E-state index contributed by atoms with van der Waals surface area (Å²) < 4.78 is 0. The smallest absolute Gasteiger partial charge is 0.0243 e. The molecular weight excluding hydrogens is 291 g/mol. The lowest BCUT2D eigenvalue weighted by atomic mass is 10.0. The molecular formula is C16H28Cl2N2. The lowest BCUT2D eigenvalue weighted by Crippen LogP contribution is -2.46. The lowest BCUT2D eigenvalue weighted by molar-refractivity contribution is 0.215. The molecule has 20 heavy (non-hydrogen) atoms.